The third-order valence-electron chi connectivity index (χ3n) is 3.55. The van der Waals surface area contributed by atoms with Gasteiger partial charge < -0.3 is 19.5 Å². The first-order valence-corrected chi connectivity index (χ1v) is 8.66. The van der Waals surface area contributed by atoms with E-state index in [1.54, 1.807) is 18.3 Å². The van der Waals surface area contributed by atoms with Crippen molar-refractivity contribution in [2.45, 2.75) is 6.36 Å². The zero-order chi connectivity index (χ0) is 22.3. The Kier molecular flexibility index (Phi) is 6.65. The molecular formula is C20H14F3N3O5. The molecule has 1 aromatic carbocycles. The average molecular weight is 433 g/mol. The van der Waals surface area contributed by atoms with E-state index in [0.29, 0.717) is 5.75 Å². The second-order valence-corrected chi connectivity index (χ2v) is 5.84. The van der Waals surface area contributed by atoms with Crippen molar-refractivity contribution in [1.82, 2.24) is 9.97 Å². The molecule has 0 aliphatic carbocycles. The molecular weight excluding hydrogens is 419 g/mol. The SMILES string of the molecule is O=C(COC(=O)c1cccnc1Oc1cccnc1)Nc1ccc(OC(F)(F)F)cc1. The van der Waals surface area contributed by atoms with Crippen LogP contribution in [0.3, 0.4) is 0 Å². The van der Waals surface area contributed by atoms with Crippen molar-refractivity contribution < 1.29 is 37.0 Å². The quantitative estimate of drug-likeness (QED) is 0.563. The summed E-state index contributed by atoms with van der Waals surface area (Å²) in [6.07, 6.45) is -0.412. The fourth-order valence-corrected chi connectivity index (χ4v) is 2.29. The van der Waals surface area contributed by atoms with Gasteiger partial charge in [-0.05, 0) is 48.5 Å². The van der Waals surface area contributed by atoms with Gasteiger partial charge in [-0.1, -0.05) is 0 Å². The average Bonchev–Trinajstić information content (AvgIpc) is 2.73. The Hall–Kier alpha value is -4.15. The van der Waals surface area contributed by atoms with Crippen molar-refractivity contribution in [3.8, 4) is 17.4 Å². The van der Waals surface area contributed by atoms with Gasteiger partial charge in [0.25, 0.3) is 5.91 Å². The van der Waals surface area contributed by atoms with Crippen LogP contribution in [0.15, 0.2) is 67.1 Å². The van der Waals surface area contributed by atoms with Crippen LogP contribution in [0.25, 0.3) is 0 Å². The Morgan fingerprint density at radius 3 is 2.39 bits per heavy atom. The Bertz CT molecular complexity index is 1040. The second-order valence-electron chi connectivity index (χ2n) is 5.84. The number of hydrogen-bond acceptors (Lipinski definition) is 7. The molecule has 0 spiro atoms. The standard InChI is InChI=1S/C20H14F3N3O5/c21-20(22,23)31-14-7-5-13(6-8-14)26-17(27)12-29-19(28)16-4-2-10-25-18(16)30-15-3-1-9-24-11-15/h1-11H,12H2,(H,26,27). The van der Waals surface area contributed by atoms with Gasteiger partial charge in [-0.3, -0.25) is 9.78 Å². The van der Waals surface area contributed by atoms with Gasteiger partial charge in [-0.25, -0.2) is 9.78 Å². The number of benzene rings is 1. The van der Waals surface area contributed by atoms with Gasteiger partial charge in [0.2, 0.25) is 5.88 Å². The summed E-state index contributed by atoms with van der Waals surface area (Å²) in [5, 5.41) is 2.39. The van der Waals surface area contributed by atoms with Gasteiger partial charge in [-0.2, -0.15) is 0 Å². The number of esters is 1. The van der Waals surface area contributed by atoms with Crippen LogP contribution in [0, 0.1) is 0 Å². The van der Waals surface area contributed by atoms with Gasteiger partial charge in [0.05, 0.1) is 6.20 Å². The van der Waals surface area contributed by atoms with E-state index in [1.807, 2.05) is 0 Å². The summed E-state index contributed by atoms with van der Waals surface area (Å²) in [7, 11) is 0. The maximum Gasteiger partial charge on any atom is 0.573 e. The number of alkyl halides is 3. The molecule has 0 fully saturated rings. The summed E-state index contributed by atoms with van der Waals surface area (Å²) in [5.41, 5.74) is 0.186. The van der Waals surface area contributed by atoms with Crippen LogP contribution in [0.5, 0.6) is 17.4 Å². The molecule has 0 saturated carbocycles. The molecule has 2 heterocycles. The van der Waals surface area contributed by atoms with E-state index in [1.165, 1.54) is 36.7 Å². The van der Waals surface area contributed by atoms with Crippen LogP contribution in [0.1, 0.15) is 10.4 Å². The Balaban J connectivity index is 1.55. The van der Waals surface area contributed by atoms with Crippen molar-refractivity contribution in [1.29, 1.82) is 0 Å². The lowest BCUT2D eigenvalue weighted by Gasteiger charge is -2.11. The van der Waals surface area contributed by atoms with Crippen LogP contribution in [0.4, 0.5) is 18.9 Å². The summed E-state index contributed by atoms with van der Waals surface area (Å²) < 4.78 is 50.7. The number of hydrogen-bond donors (Lipinski definition) is 1. The summed E-state index contributed by atoms with van der Waals surface area (Å²) in [6.45, 7) is -0.638. The number of carbonyl (C=O) groups is 2. The molecule has 0 aliphatic heterocycles. The minimum absolute atomic E-state index is 0.00666. The van der Waals surface area contributed by atoms with Gasteiger partial charge in [0, 0.05) is 18.1 Å². The predicted molar refractivity (Wildman–Crippen MR) is 101 cm³/mol. The molecule has 8 nitrogen and oxygen atoms in total. The van der Waals surface area contributed by atoms with Crippen molar-refractivity contribution >= 4 is 17.6 Å². The van der Waals surface area contributed by atoms with Crippen LogP contribution in [-0.2, 0) is 9.53 Å². The number of nitrogens with one attached hydrogen (secondary N) is 1. The lowest BCUT2D eigenvalue weighted by Crippen LogP contribution is -2.21. The minimum Gasteiger partial charge on any atom is -0.452 e. The van der Waals surface area contributed by atoms with E-state index in [9.17, 15) is 22.8 Å². The van der Waals surface area contributed by atoms with Gasteiger partial charge >= 0.3 is 12.3 Å². The number of halogens is 3. The van der Waals surface area contributed by atoms with E-state index < -0.39 is 30.6 Å². The largest absolute Gasteiger partial charge is 0.573 e. The summed E-state index contributed by atoms with van der Waals surface area (Å²) in [4.78, 5) is 32.2. The first kappa shape index (κ1) is 21.6. The van der Waals surface area contributed by atoms with Crippen molar-refractivity contribution in [3.05, 3.63) is 72.7 Å². The molecule has 3 aromatic rings. The molecule has 0 bridgehead atoms. The lowest BCUT2D eigenvalue weighted by molar-refractivity contribution is -0.274. The van der Waals surface area contributed by atoms with Crippen LogP contribution in [0.2, 0.25) is 0 Å². The number of nitrogens with zero attached hydrogens (tertiary/aromatic N) is 2. The van der Waals surface area contributed by atoms with E-state index in [0.717, 1.165) is 12.1 Å². The first-order valence-electron chi connectivity index (χ1n) is 8.66. The highest BCUT2D eigenvalue weighted by Gasteiger charge is 2.31. The zero-order valence-electron chi connectivity index (χ0n) is 15.6. The fourth-order valence-electron chi connectivity index (χ4n) is 2.29. The predicted octanol–water partition coefficient (Wildman–Crippen LogP) is 3.96. The number of aromatic nitrogens is 2. The molecule has 3 rings (SSSR count). The summed E-state index contributed by atoms with van der Waals surface area (Å²) >= 11 is 0. The van der Waals surface area contributed by atoms with E-state index in [-0.39, 0.29) is 17.1 Å². The second kappa shape index (κ2) is 9.57. The molecule has 31 heavy (non-hydrogen) atoms. The smallest absolute Gasteiger partial charge is 0.452 e. The highest BCUT2D eigenvalue weighted by Crippen LogP contribution is 2.24. The van der Waals surface area contributed by atoms with Gasteiger partial charge in [0.15, 0.2) is 6.61 Å². The molecule has 11 heteroatoms. The molecule has 0 unspecified atom stereocenters. The zero-order valence-corrected chi connectivity index (χ0v) is 15.6. The number of ether oxygens (including phenoxy) is 3. The van der Waals surface area contributed by atoms with Crippen molar-refractivity contribution in [2.24, 2.45) is 0 Å². The van der Waals surface area contributed by atoms with Gasteiger partial charge in [-0.15, -0.1) is 13.2 Å². The molecule has 2 aromatic heterocycles. The normalized spacial score (nSPS) is 10.8. The number of carbonyl (C=O) groups excluding carboxylic acids is 2. The third-order valence-corrected chi connectivity index (χ3v) is 3.55. The Morgan fingerprint density at radius 2 is 1.71 bits per heavy atom. The lowest BCUT2D eigenvalue weighted by atomic mass is 10.3. The number of pyridine rings is 2. The number of rotatable bonds is 7. The molecule has 0 aliphatic rings. The monoisotopic (exact) mass is 433 g/mol. The maximum absolute atomic E-state index is 12.3. The Labute approximate surface area is 173 Å². The fraction of sp³-hybridized carbons (Fsp3) is 0.100. The van der Waals surface area contributed by atoms with Crippen LogP contribution in [-0.4, -0.2) is 34.8 Å². The van der Waals surface area contributed by atoms with Crippen molar-refractivity contribution in [2.75, 3.05) is 11.9 Å². The topological polar surface area (TPSA) is 99.6 Å². The maximum atomic E-state index is 12.3. The first-order chi connectivity index (χ1) is 14.8. The summed E-state index contributed by atoms with van der Waals surface area (Å²) in [5.74, 6) is -1.66. The highest BCUT2D eigenvalue weighted by molar-refractivity contribution is 5.96. The number of anilines is 1. The molecule has 0 atom stereocenters. The van der Waals surface area contributed by atoms with Crippen LogP contribution >= 0.6 is 0 Å². The van der Waals surface area contributed by atoms with Gasteiger partial charge in [0.1, 0.15) is 17.1 Å². The number of amides is 1. The molecule has 1 N–H and O–H groups in total. The van der Waals surface area contributed by atoms with Crippen molar-refractivity contribution in [3.63, 3.8) is 0 Å². The van der Waals surface area contributed by atoms with E-state index in [4.69, 9.17) is 9.47 Å². The molecule has 160 valence electrons. The van der Waals surface area contributed by atoms with E-state index in [2.05, 4.69) is 20.0 Å². The molecule has 0 radical (unpaired) electrons. The summed E-state index contributed by atoms with van der Waals surface area (Å²) in [6, 6.07) is 10.7. The minimum atomic E-state index is -4.81. The highest BCUT2D eigenvalue weighted by atomic mass is 19.4. The molecule has 0 saturated heterocycles. The Morgan fingerprint density at radius 1 is 0.968 bits per heavy atom. The van der Waals surface area contributed by atoms with E-state index >= 15 is 0 Å². The third kappa shape index (κ3) is 6.70. The van der Waals surface area contributed by atoms with Crippen LogP contribution < -0.4 is 14.8 Å². The molecule has 1 amide bonds.